The lowest BCUT2D eigenvalue weighted by molar-refractivity contribution is 0.0697. The molecule has 0 aliphatic carbocycles. The minimum absolute atomic E-state index is 0.122. The van der Waals surface area contributed by atoms with Crippen LogP contribution in [0.15, 0.2) is 65.5 Å². The van der Waals surface area contributed by atoms with Crippen molar-refractivity contribution in [1.29, 1.82) is 0 Å². The summed E-state index contributed by atoms with van der Waals surface area (Å²) in [6.07, 6.45) is 4.71. The fourth-order valence-electron chi connectivity index (χ4n) is 3.37. The standard InChI is InChI=1S/C24H27N3O3/c1-4-6-15-27-24(30)26(22(25-27)17(3)5-2)16-18-11-13-19(14-12-18)20-9-7-8-10-21(20)23(28)29/h4,6-14,17H,5,15-16H2,1-3H3,(H,28,29). The first kappa shape index (κ1) is 21.3. The van der Waals surface area contributed by atoms with Gasteiger partial charge in [-0.05, 0) is 36.1 Å². The number of aromatic nitrogens is 3. The van der Waals surface area contributed by atoms with Gasteiger partial charge in [0.15, 0.2) is 0 Å². The van der Waals surface area contributed by atoms with Crippen LogP contribution in [0, 0.1) is 0 Å². The van der Waals surface area contributed by atoms with E-state index < -0.39 is 5.97 Å². The molecule has 1 aromatic heterocycles. The second kappa shape index (κ2) is 9.39. The SMILES string of the molecule is CC=CCn1nc(C(C)CC)n(Cc2ccc(-c3ccccc3C(=O)O)cc2)c1=O. The van der Waals surface area contributed by atoms with Crippen LogP contribution in [0.25, 0.3) is 11.1 Å². The molecule has 3 rings (SSSR count). The number of allylic oxidation sites excluding steroid dienone is 2. The molecule has 2 aromatic carbocycles. The van der Waals surface area contributed by atoms with Crippen molar-refractivity contribution in [2.24, 2.45) is 0 Å². The van der Waals surface area contributed by atoms with Crippen LogP contribution in [-0.4, -0.2) is 25.4 Å². The van der Waals surface area contributed by atoms with Crippen molar-refractivity contribution < 1.29 is 9.90 Å². The summed E-state index contributed by atoms with van der Waals surface area (Å²) in [4.78, 5) is 24.4. The largest absolute Gasteiger partial charge is 0.478 e. The van der Waals surface area contributed by atoms with E-state index in [0.717, 1.165) is 23.4 Å². The molecule has 6 heteroatoms. The van der Waals surface area contributed by atoms with Gasteiger partial charge in [-0.15, -0.1) is 0 Å². The topological polar surface area (TPSA) is 77.1 Å². The van der Waals surface area contributed by atoms with E-state index in [1.807, 2.05) is 49.4 Å². The van der Waals surface area contributed by atoms with E-state index in [-0.39, 0.29) is 17.2 Å². The van der Waals surface area contributed by atoms with Gasteiger partial charge in [-0.2, -0.15) is 5.10 Å². The zero-order valence-electron chi connectivity index (χ0n) is 17.6. The van der Waals surface area contributed by atoms with E-state index in [1.54, 1.807) is 22.8 Å². The van der Waals surface area contributed by atoms with E-state index >= 15 is 0 Å². The van der Waals surface area contributed by atoms with Crippen molar-refractivity contribution >= 4 is 5.97 Å². The molecule has 1 N–H and O–H groups in total. The predicted octanol–water partition coefficient (Wildman–Crippen LogP) is 4.55. The molecule has 1 atom stereocenters. The van der Waals surface area contributed by atoms with Crippen LogP contribution in [-0.2, 0) is 13.1 Å². The Bertz CT molecular complexity index is 1110. The van der Waals surface area contributed by atoms with Gasteiger partial charge in [-0.1, -0.05) is 68.5 Å². The summed E-state index contributed by atoms with van der Waals surface area (Å²) in [5, 5.41) is 14.0. The Morgan fingerprint density at radius 2 is 1.87 bits per heavy atom. The third-order valence-electron chi connectivity index (χ3n) is 5.28. The molecule has 0 fully saturated rings. The summed E-state index contributed by atoms with van der Waals surface area (Å²) in [7, 11) is 0. The van der Waals surface area contributed by atoms with Crippen LogP contribution in [0.5, 0.6) is 0 Å². The number of rotatable bonds is 8. The molecule has 1 unspecified atom stereocenters. The highest BCUT2D eigenvalue weighted by Crippen LogP contribution is 2.24. The van der Waals surface area contributed by atoms with Crippen LogP contribution in [0.1, 0.15) is 54.9 Å². The molecule has 1 heterocycles. The van der Waals surface area contributed by atoms with Crippen LogP contribution >= 0.6 is 0 Å². The van der Waals surface area contributed by atoms with Gasteiger partial charge in [-0.3, -0.25) is 4.57 Å². The Kier molecular flexibility index (Phi) is 6.67. The molecule has 0 radical (unpaired) electrons. The molecule has 0 saturated carbocycles. The first-order valence-corrected chi connectivity index (χ1v) is 10.2. The summed E-state index contributed by atoms with van der Waals surface area (Å²) >= 11 is 0. The summed E-state index contributed by atoms with van der Waals surface area (Å²) in [5.41, 5.74) is 2.61. The molecule has 0 bridgehead atoms. The smallest absolute Gasteiger partial charge is 0.346 e. The minimum Gasteiger partial charge on any atom is -0.478 e. The third kappa shape index (κ3) is 4.43. The Morgan fingerprint density at radius 3 is 2.50 bits per heavy atom. The monoisotopic (exact) mass is 405 g/mol. The molecule has 0 saturated heterocycles. The fourth-order valence-corrected chi connectivity index (χ4v) is 3.37. The van der Waals surface area contributed by atoms with Gasteiger partial charge in [0.2, 0.25) is 0 Å². The first-order valence-electron chi connectivity index (χ1n) is 10.2. The maximum absolute atomic E-state index is 12.9. The number of hydrogen-bond donors (Lipinski definition) is 1. The highest BCUT2D eigenvalue weighted by molar-refractivity contribution is 5.95. The minimum atomic E-state index is -0.951. The van der Waals surface area contributed by atoms with Gasteiger partial charge in [0, 0.05) is 5.92 Å². The van der Waals surface area contributed by atoms with E-state index in [4.69, 9.17) is 0 Å². The molecule has 30 heavy (non-hydrogen) atoms. The van der Waals surface area contributed by atoms with Gasteiger partial charge >= 0.3 is 11.7 Å². The quantitative estimate of drug-likeness (QED) is 0.558. The number of aromatic carboxylic acids is 1. The predicted molar refractivity (Wildman–Crippen MR) is 118 cm³/mol. The summed E-state index contributed by atoms with van der Waals surface area (Å²) in [6.45, 7) is 6.96. The highest BCUT2D eigenvalue weighted by atomic mass is 16.4. The number of benzene rings is 2. The van der Waals surface area contributed by atoms with Crippen molar-refractivity contribution in [2.75, 3.05) is 0 Å². The van der Waals surface area contributed by atoms with Crippen LogP contribution in [0.2, 0.25) is 0 Å². The van der Waals surface area contributed by atoms with E-state index in [0.29, 0.717) is 18.7 Å². The lowest BCUT2D eigenvalue weighted by atomic mass is 9.98. The molecule has 0 spiro atoms. The van der Waals surface area contributed by atoms with Gasteiger partial charge in [0.1, 0.15) is 5.82 Å². The first-order chi connectivity index (χ1) is 14.5. The van der Waals surface area contributed by atoms with E-state index in [2.05, 4.69) is 18.9 Å². The van der Waals surface area contributed by atoms with Crippen LogP contribution in [0.3, 0.4) is 0 Å². The second-order valence-corrected chi connectivity index (χ2v) is 7.34. The molecular weight excluding hydrogens is 378 g/mol. The third-order valence-corrected chi connectivity index (χ3v) is 5.28. The fraction of sp³-hybridized carbons (Fsp3) is 0.292. The average molecular weight is 405 g/mol. The number of carboxylic acid groups (broad SMARTS) is 1. The van der Waals surface area contributed by atoms with Gasteiger partial charge in [0.05, 0.1) is 18.7 Å². The molecule has 6 nitrogen and oxygen atoms in total. The highest BCUT2D eigenvalue weighted by Gasteiger charge is 2.18. The Balaban J connectivity index is 1.93. The zero-order chi connectivity index (χ0) is 21.7. The van der Waals surface area contributed by atoms with Crippen LogP contribution < -0.4 is 5.69 Å². The van der Waals surface area contributed by atoms with Crippen LogP contribution in [0.4, 0.5) is 0 Å². The van der Waals surface area contributed by atoms with Crippen molar-refractivity contribution in [3.05, 3.63) is 88.1 Å². The molecule has 156 valence electrons. The van der Waals surface area contributed by atoms with E-state index in [9.17, 15) is 14.7 Å². The van der Waals surface area contributed by atoms with Crippen molar-refractivity contribution in [2.45, 2.75) is 46.2 Å². The van der Waals surface area contributed by atoms with Crippen molar-refractivity contribution in [3.8, 4) is 11.1 Å². The summed E-state index contributed by atoms with van der Waals surface area (Å²) in [6, 6.07) is 14.6. The second-order valence-electron chi connectivity index (χ2n) is 7.34. The number of hydrogen-bond acceptors (Lipinski definition) is 3. The Labute approximate surface area is 176 Å². The Morgan fingerprint density at radius 1 is 1.17 bits per heavy atom. The molecule has 0 aliphatic rings. The molecule has 0 amide bonds. The van der Waals surface area contributed by atoms with E-state index in [1.165, 1.54) is 4.68 Å². The molecule has 0 aliphatic heterocycles. The Hall–Kier alpha value is -3.41. The lowest BCUT2D eigenvalue weighted by Crippen LogP contribution is -2.26. The zero-order valence-corrected chi connectivity index (χ0v) is 17.6. The number of carbonyl (C=O) groups is 1. The van der Waals surface area contributed by atoms with Gasteiger partial charge < -0.3 is 5.11 Å². The van der Waals surface area contributed by atoms with Gasteiger partial charge in [-0.25, -0.2) is 14.3 Å². The summed E-state index contributed by atoms with van der Waals surface area (Å²) < 4.78 is 3.23. The normalized spacial score (nSPS) is 12.4. The summed E-state index contributed by atoms with van der Waals surface area (Å²) in [5.74, 6) is 0.00606. The molecular formula is C24H27N3O3. The number of nitrogens with zero attached hydrogens (tertiary/aromatic N) is 3. The maximum Gasteiger partial charge on any atom is 0.346 e. The average Bonchev–Trinajstić information content (AvgIpc) is 3.07. The molecule has 3 aromatic rings. The van der Waals surface area contributed by atoms with Gasteiger partial charge in [0.25, 0.3) is 0 Å². The van der Waals surface area contributed by atoms with Crippen molar-refractivity contribution in [1.82, 2.24) is 14.3 Å². The van der Waals surface area contributed by atoms with Crippen molar-refractivity contribution in [3.63, 3.8) is 0 Å². The number of carboxylic acids is 1. The lowest BCUT2D eigenvalue weighted by Gasteiger charge is -2.11. The maximum atomic E-state index is 12.9.